The number of aliphatic hydroxyl groups is 5. The van der Waals surface area contributed by atoms with Crippen LogP contribution in [0.15, 0.2) is 36.5 Å². The highest BCUT2D eigenvalue weighted by molar-refractivity contribution is 5.80. The Morgan fingerprint density at radius 2 is 0.883 bits per heavy atom. The van der Waals surface area contributed by atoms with Crippen molar-refractivity contribution in [3.63, 3.8) is 0 Å². The molecule has 1 fully saturated rings. The van der Waals surface area contributed by atoms with Gasteiger partial charge in [0, 0.05) is 6.42 Å². The van der Waals surface area contributed by atoms with Gasteiger partial charge in [-0.25, -0.2) is 0 Å². The van der Waals surface area contributed by atoms with Crippen LogP contribution in [-0.4, -0.2) is 99.6 Å². The molecule has 0 bridgehead atoms. The number of nitrogens with one attached hydrogen (secondary N) is 1. The van der Waals surface area contributed by atoms with E-state index >= 15 is 0 Å². The molecular weight excluding hydrogens is 967 g/mol. The molecule has 0 saturated carbocycles. The molecule has 8 unspecified atom stereocenters. The maximum atomic E-state index is 13.4. The van der Waals surface area contributed by atoms with Gasteiger partial charge in [0.05, 0.1) is 25.4 Å². The zero-order valence-corrected chi connectivity index (χ0v) is 50.1. The van der Waals surface area contributed by atoms with Gasteiger partial charge >= 0.3 is 5.97 Å². The topological polar surface area (TPSA) is 175 Å². The number of ether oxygens (including phenoxy) is 3. The number of carbonyl (C=O) groups excluding carboxylic acids is 2. The summed E-state index contributed by atoms with van der Waals surface area (Å²) < 4.78 is 17.6. The standard InChI is InChI=1S/C66H123NO10/c1-4-7-10-13-16-19-22-24-26-27-28-29-30-31-32-33-34-36-39-42-45-48-51-54-61(71)77-64-63(73)62(72)60(55-68)76-66(64)75-56-57(58(69)52-49-46-43-40-37-21-18-15-12-9-6-3)67-65(74)59(70)53-50-47-44-41-38-35-25-23-20-17-14-11-8-5-2/h17,20,23,25,49,52,57-60,62-64,66,68-70,72-73H,4-16,18-19,21-22,24,26-48,50-51,53-56H2,1-3H3,(H,67,74)/b20-17+,25-23+,52-49+. The molecule has 452 valence electrons. The minimum atomic E-state index is -1.61. The van der Waals surface area contributed by atoms with Crippen molar-refractivity contribution in [2.45, 2.75) is 359 Å². The third-order valence-electron chi connectivity index (χ3n) is 15.6. The van der Waals surface area contributed by atoms with E-state index in [0.29, 0.717) is 12.8 Å². The lowest BCUT2D eigenvalue weighted by atomic mass is 9.99. The second-order valence-electron chi connectivity index (χ2n) is 22.9. The zero-order chi connectivity index (χ0) is 56.1. The Morgan fingerprint density at radius 3 is 1.32 bits per heavy atom. The minimum Gasteiger partial charge on any atom is -0.454 e. The first-order valence-corrected chi connectivity index (χ1v) is 32.8. The zero-order valence-electron chi connectivity index (χ0n) is 50.1. The van der Waals surface area contributed by atoms with E-state index in [-0.39, 0.29) is 19.4 Å². The molecular formula is C66H123NO10. The van der Waals surface area contributed by atoms with Crippen molar-refractivity contribution in [3.05, 3.63) is 36.5 Å². The summed E-state index contributed by atoms with van der Waals surface area (Å²) in [6.45, 7) is 5.77. The molecule has 0 spiro atoms. The Bertz CT molecular complexity index is 1390. The second-order valence-corrected chi connectivity index (χ2v) is 22.9. The molecule has 11 nitrogen and oxygen atoms in total. The number of hydrogen-bond donors (Lipinski definition) is 6. The van der Waals surface area contributed by atoms with Crippen LogP contribution >= 0.6 is 0 Å². The minimum absolute atomic E-state index is 0.127. The lowest BCUT2D eigenvalue weighted by Crippen LogP contribution is -2.61. The fourth-order valence-corrected chi connectivity index (χ4v) is 10.4. The largest absolute Gasteiger partial charge is 0.454 e. The molecule has 1 rings (SSSR count). The Hall–Kier alpha value is -2.12. The van der Waals surface area contributed by atoms with Crippen LogP contribution in [0.3, 0.4) is 0 Å². The van der Waals surface area contributed by atoms with E-state index in [1.165, 1.54) is 186 Å². The molecule has 1 saturated heterocycles. The van der Waals surface area contributed by atoms with Crippen molar-refractivity contribution in [3.8, 4) is 0 Å². The second kappa shape index (κ2) is 54.5. The van der Waals surface area contributed by atoms with Crippen molar-refractivity contribution in [1.82, 2.24) is 5.32 Å². The molecule has 77 heavy (non-hydrogen) atoms. The SMILES string of the molecule is CCCCC/C=C/C=C/CCCCCCCC(O)C(=O)NC(COC1OC(CO)C(O)C(O)C1OC(=O)CCCCCCCCCCCCCCCCCCCCCCCCC)C(O)/C=C/CCCCCCCCCCC. The van der Waals surface area contributed by atoms with Crippen LogP contribution in [0.1, 0.15) is 310 Å². The number of hydrogen-bond acceptors (Lipinski definition) is 10. The van der Waals surface area contributed by atoms with E-state index in [2.05, 4.69) is 50.4 Å². The maximum Gasteiger partial charge on any atom is 0.306 e. The predicted molar refractivity (Wildman–Crippen MR) is 320 cm³/mol. The molecule has 6 N–H and O–H groups in total. The van der Waals surface area contributed by atoms with Gasteiger partial charge in [0.2, 0.25) is 5.91 Å². The smallest absolute Gasteiger partial charge is 0.306 e. The Balaban J connectivity index is 2.58. The van der Waals surface area contributed by atoms with Crippen LogP contribution in [0.5, 0.6) is 0 Å². The number of amides is 1. The molecule has 8 atom stereocenters. The summed E-state index contributed by atoms with van der Waals surface area (Å²) in [4.78, 5) is 26.5. The van der Waals surface area contributed by atoms with Gasteiger partial charge in [0.1, 0.15) is 24.4 Å². The molecule has 0 aromatic rings. The van der Waals surface area contributed by atoms with Gasteiger partial charge in [-0.15, -0.1) is 0 Å². The number of unbranched alkanes of at least 4 members (excludes halogenated alkanes) is 39. The third kappa shape index (κ3) is 42.4. The molecule has 0 aromatic heterocycles. The molecule has 1 aliphatic rings. The van der Waals surface area contributed by atoms with Crippen molar-refractivity contribution in [1.29, 1.82) is 0 Å². The number of allylic oxidation sites excluding steroid dienone is 5. The van der Waals surface area contributed by atoms with Crippen molar-refractivity contribution in [2.24, 2.45) is 0 Å². The van der Waals surface area contributed by atoms with Gasteiger partial charge in [-0.2, -0.15) is 0 Å². The Labute approximate surface area is 473 Å². The van der Waals surface area contributed by atoms with E-state index in [0.717, 1.165) is 77.0 Å². The molecule has 0 radical (unpaired) electrons. The monoisotopic (exact) mass is 1090 g/mol. The third-order valence-corrected chi connectivity index (χ3v) is 15.6. The average molecular weight is 1090 g/mol. The summed E-state index contributed by atoms with van der Waals surface area (Å²) in [6, 6.07) is -1.03. The summed E-state index contributed by atoms with van der Waals surface area (Å²) in [5.41, 5.74) is 0. The average Bonchev–Trinajstić information content (AvgIpc) is 3.43. The van der Waals surface area contributed by atoms with Crippen molar-refractivity contribution >= 4 is 11.9 Å². The molecule has 0 aliphatic carbocycles. The quantitative estimate of drug-likeness (QED) is 0.0149. The van der Waals surface area contributed by atoms with Crippen LogP contribution in [0, 0.1) is 0 Å². The molecule has 0 aromatic carbocycles. The molecule has 1 amide bonds. The normalized spacial score (nSPS) is 19.2. The number of carbonyl (C=O) groups is 2. The van der Waals surface area contributed by atoms with Crippen LogP contribution in [-0.2, 0) is 23.8 Å². The van der Waals surface area contributed by atoms with E-state index in [1.54, 1.807) is 6.08 Å². The Kier molecular flexibility index (Phi) is 51.6. The molecule has 1 aliphatic heterocycles. The van der Waals surface area contributed by atoms with Crippen molar-refractivity contribution < 1.29 is 49.3 Å². The number of esters is 1. The van der Waals surface area contributed by atoms with Gasteiger partial charge in [0.15, 0.2) is 12.4 Å². The lowest BCUT2D eigenvalue weighted by molar-refractivity contribution is -0.305. The van der Waals surface area contributed by atoms with E-state index < -0.39 is 67.4 Å². The van der Waals surface area contributed by atoms with Gasteiger partial charge < -0.3 is 45.1 Å². The summed E-state index contributed by atoms with van der Waals surface area (Å²) in [6.07, 6.45) is 54.8. The van der Waals surface area contributed by atoms with Gasteiger partial charge in [0.25, 0.3) is 0 Å². The van der Waals surface area contributed by atoms with Gasteiger partial charge in [-0.3, -0.25) is 9.59 Å². The first-order chi connectivity index (χ1) is 37.7. The lowest BCUT2D eigenvalue weighted by Gasteiger charge is -2.41. The maximum absolute atomic E-state index is 13.4. The predicted octanol–water partition coefficient (Wildman–Crippen LogP) is 15.8. The summed E-state index contributed by atoms with van der Waals surface area (Å²) >= 11 is 0. The first kappa shape index (κ1) is 72.9. The molecule has 1 heterocycles. The Morgan fingerprint density at radius 1 is 0.506 bits per heavy atom. The van der Waals surface area contributed by atoms with Crippen molar-refractivity contribution in [2.75, 3.05) is 13.2 Å². The highest BCUT2D eigenvalue weighted by Gasteiger charge is 2.47. The van der Waals surface area contributed by atoms with Gasteiger partial charge in [-0.1, -0.05) is 288 Å². The molecule has 11 heteroatoms. The summed E-state index contributed by atoms with van der Waals surface area (Å²) in [5, 5.41) is 57.0. The fraction of sp³-hybridized carbons (Fsp3) is 0.879. The van der Waals surface area contributed by atoms with Crippen LogP contribution < -0.4 is 5.32 Å². The summed E-state index contributed by atoms with van der Waals surface area (Å²) in [5.74, 6) is -1.20. The van der Waals surface area contributed by atoms with Crippen LogP contribution in [0.4, 0.5) is 0 Å². The first-order valence-electron chi connectivity index (χ1n) is 32.8. The number of rotatable bonds is 56. The van der Waals surface area contributed by atoms with E-state index in [4.69, 9.17) is 14.2 Å². The van der Waals surface area contributed by atoms with Crippen LogP contribution in [0.25, 0.3) is 0 Å². The number of aliphatic hydroxyl groups excluding tert-OH is 5. The fourth-order valence-electron chi connectivity index (χ4n) is 10.4. The van der Waals surface area contributed by atoms with Crippen LogP contribution in [0.2, 0.25) is 0 Å². The van der Waals surface area contributed by atoms with E-state index in [1.807, 2.05) is 6.08 Å². The highest BCUT2D eigenvalue weighted by Crippen LogP contribution is 2.26. The highest BCUT2D eigenvalue weighted by atomic mass is 16.7. The van der Waals surface area contributed by atoms with Gasteiger partial charge in [-0.05, 0) is 51.4 Å². The summed E-state index contributed by atoms with van der Waals surface area (Å²) in [7, 11) is 0. The van der Waals surface area contributed by atoms with E-state index in [9.17, 15) is 35.1 Å².